The summed E-state index contributed by atoms with van der Waals surface area (Å²) in [6.07, 6.45) is 4.43. The molecule has 0 bridgehead atoms. The number of fused-ring (bicyclic) bond motifs is 1. The van der Waals surface area contributed by atoms with E-state index in [0.29, 0.717) is 42.3 Å². The van der Waals surface area contributed by atoms with E-state index in [-0.39, 0.29) is 5.91 Å². The van der Waals surface area contributed by atoms with Crippen molar-refractivity contribution in [3.8, 4) is 0 Å². The summed E-state index contributed by atoms with van der Waals surface area (Å²) in [7, 11) is 0. The summed E-state index contributed by atoms with van der Waals surface area (Å²) in [5, 5.41) is 10.8. The molecule has 0 radical (unpaired) electrons. The first-order chi connectivity index (χ1) is 10.7. The third kappa shape index (κ3) is 2.67. The lowest BCUT2D eigenvalue weighted by atomic mass is 10.2. The number of nitrogens with one attached hydrogen (secondary N) is 1. The van der Waals surface area contributed by atoms with Crippen molar-refractivity contribution < 1.29 is 9.32 Å². The van der Waals surface area contributed by atoms with Crippen LogP contribution in [-0.2, 0) is 12.8 Å². The van der Waals surface area contributed by atoms with E-state index in [1.165, 1.54) is 0 Å². The molecule has 22 heavy (non-hydrogen) atoms. The van der Waals surface area contributed by atoms with Crippen LogP contribution in [0.2, 0.25) is 0 Å². The van der Waals surface area contributed by atoms with Gasteiger partial charge in [-0.3, -0.25) is 4.79 Å². The summed E-state index contributed by atoms with van der Waals surface area (Å²) in [6.45, 7) is 4.21. The van der Waals surface area contributed by atoms with E-state index in [4.69, 9.17) is 4.52 Å². The molecule has 114 valence electrons. The van der Waals surface area contributed by atoms with Crippen molar-refractivity contribution in [2.45, 2.75) is 26.7 Å². The van der Waals surface area contributed by atoms with Gasteiger partial charge in [0.15, 0.2) is 11.5 Å². The molecule has 0 aliphatic carbocycles. The first kappa shape index (κ1) is 14.2. The van der Waals surface area contributed by atoms with Crippen LogP contribution in [0.1, 0.15) is 34.7 Å². The molecule has 8 nitrogen and oxygen atoms in total. The number of aryl methyl sites for hydroxylation is 2. The molecule has 0 unspecified atom stereocenters. The van der Waals surface area contributed by atoms with Gasteiger partial charge in [-0.2, -0.15) is 10.1 Å². The molecule has 0 saturated heterocycles. The summed E-state index contributed by atoms with van der Waals surface area (Å²) in [5.74, 6) is 1.00. The van der Waals surface area contributed by atoms with Crippen LogP contribution in [0, 0.1) is 6.92 Å². The summed E-state index contributed by atoms with van der Waals surface area (Å²) < 4.78 is 6.66. The first-order valence-electron chi connectivity index (χ1n) is 7.08. The Kier molecular flexibility index (Phi) is 3.82. The molecule has 3 heterocycles. The van der Waals surface area contributed by atoms with Crippen molar-refractivity contribution in [2.75, 3.05) is 6.54 Å². The molecule has 1 amide bonds. The van der Waals surface area contributed by atoms with Crippen LogP contribution in [0.5, 0.6) is 0 Å². The lowest BCUT2D eigenvalue weighted by molar-refractivity contribution is 0.0952. The van der Waals surface area contributed by atoms with Crippen LogP contribution in [0.4, 0.5) is 0 Å². The molecule has 0 atom stereocenters. The van der Waals surface area contributed by atoms with E-state index >= 15 is 0 Å². The van der Waals surface area contributed by atoms with E-state index in [9.17, 15) is 4.79 Å². The van der Waals surface area contributed by atoms with Gasteiger partial charge in [0.1, 0.15) is 0 Å². The van der Waals surface area contributed by atoms with Crippen molar-refractivity contribution >= 4 is 11.6 Å². The maximum Gasteiger partial charge on any atom is 0.254 e. The van der Waals surface area contributed by atoms with Crippen LogP contribution in [0.25, 0.3) is 5.65 Å². The minimum absolute atomic E-state index is 0.193. The average molecular weight is 300 g/mol. The second kappa shape index (κ2) is 5.92. The fourth-order valence-electron chi connectivity index (χ4n) is 2.13. The number of hydrogen-bond acceptors (Lipinski definition) is 6. The van der Waals surface area contributed by atoms with Crippen molar-refractivity contribution in [3.63, 3.8) is 0 Å². The highest BCUT2D eigenvalue weighted by Gasteiger charge is 2.13. The smallest absolute Gasteiger partial charge is 0.254 e. The normalized spacial score (nSPS) is 11.0. The number of nitrogens with zero attached hydrogens (tertiary/aromatic N) is 5. The lowest BCUT2D eigenvalue weighted by Crippen LogP contribution is -2.27. The Hall–Kier alpha value is -2.77. The van der Waals surface area contributed by atoms with Gasteiger partial charge in [0.2, 0.25) is 5.89 Å². The number of carbonyl (C=O) groups is 1. The Balaban J connectivity index is 1.64. The van der Waals surface area contributed by atoms with Gasteiger partial charge < -0.3 is 9.84 Å². The molecular formula is C14H16N6O2. The molecule has 0 aromatic carbocycles. The Bertz CT molecular complexity index is 807. The average Bonchev–Trinajstić information content (AvgIpc) is 3.16. The number of rotatable bonds is 5. The van der Waals surface area contributed by atoms with Gasteiger partial charge in [-0.05, 0) is 6.92 Å². The zero-order valence-electron chi connectivity index (χ0n) is 12.4. The maximum atomic E-state index is 12.2. The summed E-state index contributed by atoms with van der Waals surface area (Å²) >= 11 is 0. The van der Waals surface area contributed by atoms with Crippen molar-refractivity contribution in [3.05, 3.63) is 41.4 Å². The molecule has 3 rings (SSSR count). The zero-order valence-corrected chi connectivity index (χ0v) is 12.4. The maximum absolute atomic E-state index is 12.2. The molecule has 1 N–H and O–H groups in total. The van der Waals surface area contributed by atoms with Crippen LogP contribution in [-0.4, -0.2) is 37.2 Å². The Morgan fingerprint density at radius 3 is 3.09 bits per heavy atom. The minimum atomic E-state index is -0.193. The second-order valence-electron chi connectivity index (χ2n) is 4.82. The fraction of sp³-hybridized carbons (Fsp3) is 0.357. The van der Waals surface area contributed by atoms with E-state index in [0.717, 1.165) is 5.69 Å². The number of amides is 1. The third-order valence-corrected chi connectivity index (χ3v) is 3.35. The summed E-state index contributed by atoms with van der Waals surface area (Å²) in [6, 6.07) is 1.79. The van der Waals surface area contributed by atoms with Gasteiger partial charge >= 0.3 is 0 Å². The quantitative estimate of drug-likeness (QED) is 0.753. The van der Waals surface area contributed by atoms with Crippen LogP contribution in [0.15, 0.2) is 23.0 Å². The topological polar surface area (TPSA) is 98.2 Å². The summed E-state index contributed by atoms with van der Waals surface area (Å²) in [4.78, 5) is 20.6. The minimum Gasteiger partial charge on any atom is -0.351 e. The van der Waals surface area contributed by atoms with Crippen LogP contribution in [0.3, 0.4) is 0 Å². The Morgan fingerprint density at radius 2 is 2.32 bits per heavy atom. The third-order valence-electron chi connectivity index (χ3n) is 3.35. The van der Waals surface area contributed by atoms with Crippen LogP contribution >= 0.6 is 0 Å². The van der Waals surface area contributed by atoms with Gasteiger partial charge in [0.05, 0.1) is 17.5 Å². The van der Waals surface area contributed by atoms with E-state index in [1.807, 2.05) is 13.8 Å². The fourth-order valence-corrected chi connectivity index (χ4v) is 2.13. The monoisotopic (exact) mass is 300 g/mol. The first-order valence-corrected chi connectivity index (χ1v) is 7.08. The predicted molar refractivity (Wildman–Crippen MR) is 77.4 cm³/mol. The molecule has 8 heteroatoms. The number of aromatic nitrogens is 5. The standard InChI is InChI=1S/C14H16N6O2/c1-3-13-18-11(19-22-13)4-6-15-14(21)10-8-16-12-5-7-17-20(12)9(10)2/h5,7-8H,3-4,6H2,1-2H3,(H,15,21). The highest BCUT2D eigenvalue weighted by Crippen LogP contribution is 2.08. The lowest BCUT2D eigenvalue weighted by Gasteiger charge is -2.07. The van der Waals surface area contributed by atoms with E-state index in [1.54, 1.807) is 23.0 Å². The number of hydrogen-bond donors (Lipinski definition) is 1. The predicted octanol–water partition coefficient (Wildman–Crippen LogP) is 0.956. The van der Waals surface area contributed by atoms with E-state index < -0.39 is 0 Å². The van der Waals surface area contributed by atoms with Gasteiger partial charge in [0, 0.05) is 31.6 Å². The molecule has 0 aliphatic rings. The molecular weight excluding hydrogens is 284 g/mol. The molecule has 0 saturated carbocycles. The van der Waals surface area contributed by atoms with Crippen molar-refractivity contribution in [1.29, 1.82) is 0 Å². The van der Waals surface area contributed by atoms with Crippen LogP contribution < -0.4 is 5.32 Å². The molecule has 3 aromatic heterocycles. The summed E-state index contributed by atoms with van der Waals surface area (Å²) in [5.41, 5.74) is 1.96. The Labute approximate surface area is 126 Å². The second-order valence-corrected chi connectivity index (χ2v) is 4.82. The largest absolute Gasteiger partial charge is 0.351 e. The van der Waals surface area contributed by atoms with Gasteiger partial charge in [0.25, 0.3) is 5.91 Å². The number of carbonyl (C=O) groups excluding carboxylic acids is 1. The molecule has 0 aliphatic heterocycles. The SMILES string of the molecule is CCc1nc(CCNC(=O)c2cnc3ccnn3c2C)no1. The molecule has 0 fully saturated rings. The highest BCUT2D eigenvalue weighted by atomic mass is 16.5. The van der Waals surface area contributed by atoms with Gasteiger partial charge in [-0.25, -0.2) is 9.50 Å². The molecule has 0 spiro atoms. The Morgan fingerprint density at radius 1 is 1.45 bits per heavy atom. The molecule has 3 aromatic rings. The van der Waals surface area contributed by atoms with Crippen molar-refractivity contribution in [2.24, 2.45) is 0 Å². The highest BCUT2D eigenvalue weighted by molar-refractivity contribution is 5.95. The van der Waals surface area contributed by atoms with Crippen molar-refractivity contribution in [1.82, 2.24) is 30.1 Å². The van der Waals surface area contributed by atoms with E-state index in [2.05, 4.69) is 25.5 Å². The van der Waals surface area contributed by atoms with Gasteiger partial charge in [-0.1, -0.05) is 12.1 Å². The van der Waals surface area contributed by atoms with Gasteiger partial charge in [-0.15, -0.1) is 0 Å². The zero-order chi connectivity index (χ0) is 15.5.